The third kappa shape index (κ3) is 3.99. The number of ether oxygens (including phenoxy) is 2. The fourth-order valence-electron chi connectivity index (χ4n) is 4.65. The molecule has 0 spiro atoms. The van der Waals surface area contributed by atoms with Gasteiger partial charge in [0.05, 0.1) is 36.1 Å². The molecule has 2 aliphatic rings. The largest absolute Gasteiger partial charge is 0.490 e. The summed E-state index contributed by atoms with van der Waals surface area (Å²) in [4.78, 5) is 13.8. The van der Waals surface area contributed by atoms with Crippen molar-refractivity contribution >= 4 is 5.91 Å². The van der Waals surface area contributed by atoms with E-state index in [9.17, 15) is 20.6 Å². The second-order valence-corrected chi connectivity index (χ2v) is 8.41. The first-order valence-electron chi connectivity index (χ1n) is 10.9. The first-order chi connectivity index (χ1) is 15.7. The van der Waals surface area contributed by atoms with Gasteiger partial charge < -0.3 is 20.1 Å². The molecule has 33 heavy (non-hydrogen) atoms. The average Bonchev–Trinajstić information content (AvgIpc) is 2.79. The Balaban J connectivity index is 2.27. The summed E-state index contributed by atoms with van der Waals surface area (Å²) in [6.07, 6.45) is 1.72. The van der Waals surface area contributed by atoms with E-state index in [0.29, 0.717) is 35.8 Å². The maximum atomic E-state index is 12.1. The molecule has 0 unspecified atom stereocenters. The van der Waals surface area contributed by atoms with E-state index in [2.05, 4.69) is 18.2 Å². The molecule has 1 amide bonds. The van der Waals surface area contributed by atoms with E-state index in [0.717, 1.165) is 0 Å². The fourth-order valence-corrected chi connectivity index (χ4v) is 4.65. The van der Waals surface area contributed by atoms with Gasteiger partial charge in [0.25, 0.3) is 0 Å². The maximum absolute atomic E-state index is 12.1. The maximum Gasteiger partial charge on any atom is 0.219 e. The van der Waals surface area contributed by atoms with Gasteiger partial charge in [0, 0.05) is 31.8 Å². The first-order valence-corrected chi connectivity index (χ1v) is 10.9. The first kappa shape index (κ1) is 23.7. The lowest BCUT2D eigenvalue weighted by atomic mass is 9.58. The Bertz CT molecular complexity index is 1130. The molecule has 0 aromatic heterocycles. The Labute approximate surface area is 194 Å². The van der Waals surface area contributed by atoms with Crippen LogP contribution >= 0.6 is 0 Å². The molecular weight excluding hydrogens is 418 g/mol. The molecule has 0 bridgehead atoms. The fraction of sp³-hybridized carbons (Fsp3) is 0.440. The van der Waals surface area contributed by atoms with Crippen LogP contribution in [0, 0.1) is 45.3 Å². The van der Waals surface area contributed by atoms with E-state index in [1.807, 2.05) is 20.8 Å². The minimum absolute atomic E-state index is 0.0563. The number of hydrogen-bond donors (Lipinski definition) is 1. The van der Waals surface area contributed by atoms with Crippen LogP contribution in [0.5, 0.6) is 11.5 Å². The second-order valence-electron chi connectivity index (χ2n) is 8.41. The lowest BCUT2D eigenvalue weighted by molar-refractivity contribution is -0.129. The Morgan fingerprint density at radius 3 is 2.52 bits per heavy atom. The number of rotatable bonds is 5. The number of nitrogens with two attached hydrogens (primary N) is 1. The van der Waals surface area contributed by atoms with Crippen molar-refractivity contribution in [3.8, 4) is 29.7 Å². The topological polar surface area (TPSA) is 136 Å². The molecule has 170 valence electrons. The quantitative estimate of drug-likeness (QED) is 0.735. The highest BCUT2D eigenvalue weighted by molar-refractivity contribution is 5.74. The van der Waals surface area contributed by atoms with Gasteiger partial charge in [0.15, 0.2) is 16.9 Å². The summed E-state index contributed by atoms with van der Waals surface area (Å²) in [5, 5.41) is 30.3. The predicted octanol–water partition coefficient (Wildman–Crippen LogP) is 3.14. The van der Waals surface area contributed by atoms with Gasteiger partial charge in [0.2, 0.25) is 5.91 Å². The SMILES string of the molecule is CCOc1cc([C@@H]2[C@@H]3CN(C(C)=O)CC=C3C(C#N)=C(N)C2(C#N)C#N)ccc1OC(C)C. The van der Waals surface area contributed by atoms with Crippen LogP contribution in [-0.2, 0) is 4.79 Å². The van der Waals surface area contributed by atoms with E-state index in [-0.39, 0.29) is 29.8 Å². The van der Waals surface area contributed by atoms with Crippen molar-refractivity contribution in [2.75, 3.05) is 19.7 Å². The van der Waals surface area contributed by atoms with Crippen LogP contribution in [-0.4, -0.2) is 36.6 Å². The lowest BCUT2D eigenvalue weighted by Gasteiger charge is -2.45. The molecule has 1 heterocycles. The van der Waals surface area contributed by atoms with Crippen molar-refractivity contribution in [1.29, 1.82) is 15.8 Å². The summed E-state index contributed by atoms with van der Waals surface area (Å²) < 4.78 is 11.7. The number of carbonyl (C=O) groups excluding carboxylic acids is 1. The molecule has 1 aliphatic heterocycles. The molecular formula is C25H27N5O3. The number of allylic oxidation sites excluding steroid dienone is 2. The number of nitrogens with zero attached hydrogens (tertiary/aromatic N) is 4. The lowest BCUT2D eigenvalue weighted by Crippen LogP contribution is -2.48. The zero-order valence-corrected chi connectivity index (χ0v) is 19.3. The summed E-state index contributed by atoms with van der Waals surface area (Å²) in [7, 11) is 0. The number of amides is 1. The Morgan fingerprint density at radius 2 is 1.97 bits per heavy atom. The van der Waals surface area contributed by atoms with Gasteiger partial charge in [0.1, 0.15) is 6.07 Å². The molecule has 3 rings (SSSR count). The normalized spacial score (nSPS) is 21.3. The second kappa shape index (κ2) is 9.27. The molecule has 0 fully saturated rings. The van der Waals surface area contributed by atoms with Crippen molar-refractivity contribution in [2.24, 2.45) is 17.1 Å². The monoisotopic (exact) mass is 445 g/mol. The van der Waals surface area contributed by atoms with Gasteiger partial charge in [-0.15, -0.1) is 0 Å². The highest BCUT2D eigenvalue weighted by Gasteiger charge is 2.54. The summed E-state index contributed by atoms with van der Waals surface area (Å²) >= 11 is 0. The molecule has 0 saturated carbocycles. The summed E-state index contributed by atoms with van der Waals surface area (Å²) in [5.41, 5.74) is 5.97. The Hall–Kier alpha value is -3.96. The van der Waals surface area contributed by atoms with Gasteiger partial charge in [-0.05, 0) is 44.0 Å². The number of benzene rings is 1. The van der Waals surface area contributed by atoms with Crippen LogP contribution in [0.3, 0.4) is 0 Å². The molecule has 1 aliphatic carbocycles. The average molecular weight is 446 g/mol. The van der Waals surface area contributed by atoms with Gasteiger partial charge in [-0.1, -0.05) is 12.1 Å². The van der Waals surface area contributed by atoms with E-state index in [4.69, 9.17) is 15.2 Å². The molecule has 8 heteroatoms. The molecule has 2 atom stereocenters. The number of carbonyl (C=O) groups is 1. The number of hydrogen-bond acceptors (Lipinski definition) is 7. The Kier molecular flexibility index (Phi) is 6.65. The van der Waals surface area contributed by atoms with Gasteiger partial charge in [-0.3, -0.25) is 4.79 Å². The zero-order chi connectivity index (χ0) is 24.3. The van der Waals surface area contributed by atoms with Crippen LogP contribution in [0.1, 0.15) is 39.2 Å². The van der Waals surface area contributed by atoms with Crippen molar-refractivity contribution in [1.82, 2.24) is 4.90 Å². The molecule has 1 aromatic carbocycles. The Morgan fingerprint density at radius 1 is 1.27 bits per heavy atom. The molecule has 8 nitrogen and oxygen atoms in total. The van der Waals surface area contributed by atoms with Gasteiger partial charge in [-0.25, -0.2) is 0 Å². The standard InChI is InChI=1S/C25H27N5O3/c1-5-32-22-10-17(6-7-21(22)33-15(2)3)23-20-12-30(16(4)31)9-8-18(20)19(11-26)24(29)25(23,13-27)14-28/h6-8,10,15,20,23H,5,9,12,29H2,1-4H3/t20-,23-/m1/s1. The van der Waals surface area contributed by atoms with Crippen LogP contribution < -0.4 is 15.2 Å². The van der Waals surface area contributed by atoms with E-state index in [1.165, 1.54) is 6.92 Å². The third-order valence-electron chi connectivity index (χ3n) is 6.10. The van der Waals surface area contributed by atoms with Crippen molar-refractivity contribution in [2.45, 2.75) is 39.7 Å². The van der Waals surface area contributed by atoms with E-state index < -0.39 is 17.3 Å². The van der Waals surface area contributed by atoms with Crippen molar-refractivity contribution in [3.63, 3.8) is 0 Å². The molecule has 0 saturated heterocycles. The zero-order valence-electron chi connectivity index (χ0n) is 19.3. The summed E-state index contributed by atoms with van der Waals surface area (Å²) in [6, 6.07) is 11.6. The van der Waals surface area contributed by atoms with Gasteiger partial charge in [-0.2, -0.15) is 15.8 Å². The highest BCUT2D eigenvalue weighted by Crippen LogP contribution is 2.54. The van der Waals surface area contributed by atoms with Crippen molar-refractivity contribution < 1.29 is 14.3 Å². The van der Waals surface area contributed by atoms with Crippen LogP contribution in [0.15, 0.2) is 41.1 Å². The predicted molar refractivity (Wildman–Crippen MR) is 120 cm³/mol. The van der Waals surface area contributed by atoms with E-state index in [1.54, 1.807) is 29.2 Å². The van der Waals surface area contributed by atoms with Crippen LogP contribution in [0.25, 0.3) is 0 Å². The number of fused-ring (bicyclic) bond motifs is 1. The molecule has 0 radical (unpaired) electrons. The summed E-state index contributed by atoms with van der Waals surface area (Å²) in [6.45, 7) is 8.15. The number of nitriles is 3. The summed E-state index contributed by atoms with van der Waals surface area (Å²) in [5.74, 6) is -0.260. The van der Waals surface area contributed by atoms with E-state index >= 15 is 0 Å². The minimum atomic E-state index is -1.78. The smallest absolute Gasteiger partial charge is 0.219 e. The molecule has 1 aromatic rings. The molecule has 2 N–H and O–H groups in total. The van der Waals surface area contributed by atoms with Crippen LogP contribution in [0.2, 0.25) is 0 Å². The third-order valence-corrected chi connectivity index (χ3v) is 6.10. The minimum Gasteiger partial charge on any atom is -0.490 e. The van der Waals surface area contributed by atoms with Crippen LogP contribution in [0.4, 0.5) is 0 Å². The van der Waals surface area contributed by atoms with Gasteiger partial charge >= 0.3 is 0 Å². The highest BCUT2D eigenvalue weighted by atomic mass is 16.5. The van der Waals surface area contributed by atoms with Crippen molar-refractivity contribution in [3.05, 3.63) is 46.7 Å².